The van der Waals surface area contributed by atoms with Crippen molar-refractivity contribution in [3.63, 3.8) is 0 Å². The highest BCUT2D eigenvalue weighted by molar-refractivity contribution is 5.73. The number of hydrogen-bond donors (Lipinski definition) is 0. The fraction of sp³-hybridized carbons (Fsp3) is 0. The Bertz CT molecular complexity index is 605. The summed E-state index contributed by atoms with van der Waals surface area (Å²) in [5.74, 6) is -1.77. The molecule has 0 aliphatic carbocycles. The molecule has 0 saturated heterocycles. The van der Waals surface area contributed by atoms with Crippen molar-refractivity contribution in [3.8, 4) is 17.5 Å². The van der Waals surface area contributed by atoms with Crippen molar-refractivity contribution < 1.29 is 13.2 Å². The summed E-state index contributed by atoms with van der Waals surface area (Å²) >= 11 is 0. The quantitative estimate of drug-likeness (QED) is 0.747. The van der Waals surface area contributed by atoms with E-state index in [9.17, 15) is 8.78 Å². The van der Waals surface area contributed by atoms with Gasteiger partial charge in [-0.15, -0.1) is 0 Å². The first kappa shape index (κ1) is 11.0. The molecule has 0 unspecified atom stereocenters. The number of oxazole rings is 1. The Kier molecular flexibility index (Phi) is 2.71. The summed E-state index contributed by atoms with van der Waals surface area (Å²) < 4.78 is 31.7. The van der Waals surface area contributed by atoms with Crippen molar-refractivity contribution in [2.24, 2.45) is 0 Å². The van der Waals surface area contributed by atoms with Crippen molar-refractivity contribution in [1.29, 1.82) is 5.26 Å². The van der Waals surface area contributed by atoms with Gasteiger partial charge in [0.1, 0.15) is 35.2 Å². The second-order valence-electron chi connectivity index (χ2n) is 3.22. The van der Waals surface area contributed by atoms with Gasteiger partial charge in [-0.3, -0.25) is 0 Å². The molecule has 1 aromatic heterocycles. The number of nitrogens with zero attached hydrogens (tertiary/aromatic N) is 2. The molecule has 0 radical (unpaired) electrons. The topological polar surface area (TPSA) is 49.8 Å². The van der Waals surface area contributed by atoms with Gasteiger partial charge in [-0.1, -0.05) is 12.6 Å². The van der Waals surface area contributed by atoms with E-state index < -0.39 is 11.6 Å². The summed E-state index contributed by atoms with van der Waals surface area (Å²) in [7, 11) is 0. The van der Waals surface area contributed by atoms with Gasteiger partial charge >= 0.3 is 0 Å². The van der Waals surface area contributed by atoms with Crippen LogP contribution in [0.5, 0.6) is 0 Å². The molecule has 0 aliphatic heterocycles. The highest BCUT2D eigenvalue weighted by Crippen LogP contribution is 2.26. The average molecular weight is 232 g/mol. The van der Waals surface area contributed by atoms with Crippen LogP contribution in [0.1, 0.15) is 5.69 Å². The van der Waals surface area contributed by atoms with Crippen molar-refractivity contribution >= 4 is 5.57 Å². The van der Waals surface area contributed by atoms with Gasteiger partial charge < -0.3 is 4.42 Å². The average Bonchev–Trinajstić information content (AvgIpc) is 2.77. The third kappa shape index (κ3) is 1.93. The number of benzene rings is 1. The molecule has 0 spiro atoms. The van der Waals surface area contributed by atoms with Gasteiger partial charge in [0.15, 0.2) is 0 Å². The maximum absolute atomic E-state index is 13.4. The highest BCUT2D eigenvalue weighted by Gasteiger charge is 2.17. The molecule has 0 fully saturated rings. The molecule has 0 bridgehead atoms. The minimum absolute atomic E-state index is 0.0664. The van der Waals surface area contributed by atoms with Crippen LogP contribution >= 0.6 is 0 Å². The minimum atomic E-state index is -0.777. The van der Waals surface area contributed by atoms with Gasteiger partial charge in [-0.2, -0.15) is 5.26 Å². The van der Waals surface area contributed by atoms with E-state index in [4.69, 9.17) is 9.68 Å². The van der Waals surface area contributed by atoms with Crippen LogP contribution < -0.4 is 0 Å². The van der Waals surface area contributed by atoms with E-state index in [-0.39, 0.29) is 22.7 Å². The molecule has 0 amide bonds. The Morgan fingerprint density at radius 1 is 1.35 bits per heavy atom. The van der Waals surface area contributed by atoms with Crippen LogP contribution in [0.25, 0.3) is 17.0 Å². The number of hydrogen-bond acceptors (Lipinski definition) is 3. The zero-order chi connectivity index (χ0) is 12.4. The fourth-order valence-corrected chi connectivity index (χ4v) is 1.29. The van der Waals surface area contributed by atoms with Gasteiger partial charge in [0.2, 0.25) is 5.89 Å². The molecule has 3 nitrogen and oxygen atoms in total. The van der Waals surface area contributed by atoms with Crippen LogP contribution in [0.4, 0.5) is 8.78 Å². The molecular weight excluding hydrogens is 226 g/mol. The molecule has 0 aliphatic rings. The fourth-order valence-electron chi connectivity index (χ4n) is 1.29. The number of allylic oxidation sites excluding steroid dienone is 1. The minimum Gasteiger partial charge on any atom is -0.444 e. The molecule has 84 valence electrons. The number of aromatic nitrogens is 1. The predicted octanol–water partition coefficient (Wildman–Crippen LogP) is 3.16. The molecule has 17 heavy (non-hydrogen) atoms. The van der Waals surface area contributed by atoms with Gasteiger partial charge in [-0.25, -0.2) is 13.8 Å². The molecule has 1 aromatic carbocycles. The van der Waals surface area contributed by atoms with Crippen LogP contribution in [-0.2, 0) is 0 Å². The van der Waals surface area contributed by atoms with Crippen LogP contribution in [0.2, 0.25) is 0 Å². The largest absolute Gasteiger partial charge is 0.444 e. The first-order valence-electron chi connectivity index (χ1n) is 4.62. The summed E-state index contributed by atoms with van der Waals surface area (Å²) in [5.41, 5.74) is -0.133. The van der Waals surface area contributed by atoms with Crippen LogP contribution in [0.15, 0.2) is 35.5 Å². The Balaban J connectivity index is 2.52. The lowest BCUT2D eigenvalue weighted by Crippen LogP contribution is -1.90. The zero-order valence-corrected chi connectivity index (χ0v) is 8.58. The summed E-state index contributed by atoms with van der Waals surface area (Å²) in [6, 6.07) is 5.21. The lowest BCUT2D eigenvalue weighted by Gasteiger charge is -1.98. The predicted molar refractivity (Wildman–Crippen MR) is 56.5 cm³/mol. The lowest BCUT2D eigenvalue weighted by molar-refractivity contribution is 0.541. The zero-order valence-electron chi connectivity index (χ0n) is 8.58. The molecule has 2 aromatic rings. The monoisotopic (exact) mass is 232 g/mol. The van der Waals surface area contributed by atoms with Gasteiger partial charge in [0.25, 0.3) is 0 Å². The number of nitriles is 1. The number of halogens is 2. The highest BCUT2D eigenvalue weighted by atomic mass is 19.1. The maximum atomic E-state index is 13.4. The van der Waals surface area contributed by atoms with Crippen LogP contribution in [0, 0.1) is 23.0 Å². The molecule has 0 N–H and O–H groups in total. The summed E-state index contributed by atoms with van der Waals surface area (Å²) in [4.78, 5) is 3.80. The van der Waals surface area contributed by atoms with E-state index in [2.05, 4.69) is 11.6 Å². The van der Waals surface area contributed by atoms with Gasteiger partial charge in [-0.05, 0) is 12.1 Å². The van der Waals surface area contributed by atoms with E-state index in [0.29, 0.717) is 0 Å². The van der Waals surface area contributed by atoms with E-state index in [0.717, 1.165) is 18.4 Å². The lowest BCUT2D eigenvalue weighted by atomic mass is 10.2. The molecule has 0 saturated carbocycles. The summed E-state index contributed by atoms with van der Waals surface area (Å²) in [5, 5.41) is 8.60. The van der Waals surface area contributed by atoms with Gasteiger partial charge in [0.05, 0.1) is 5.57 Å². The number of rotatable bonds is 2. The van der Waals surface area contributed by atoms with Gasteiger partial charge in [0, 0.05) is 0 Å². The first-order valence-corrected chi connectivity index (χ1v) is 4.62. The molecule has 2 rings (SSSR count). The second-order valence-corrected chi connectivity index (χ2v) is 3.22. The second kappa shape index (κ2) is 4.18. The first-order chi connectivity index (χ1) is 8.13. The van der Waals surface area contributed by atoms with E-state index in [1.807, 2.05) is 0 Å². The Hall–Kier alpha value is -2.48. The van der Waals surface area contributed by atoms with Crippen molar-refractivity contribution in [2.75, 3.05) is 0 Å². The summed E-state index contributed by atoms with van der Waals surface area (Å²) in [6.45, 7) is 3.42. The third-order valence-corrected chi connectivity index (χ3v) is 2.12. The SMILES string of the molecule is C=C(C#N)c1coc(-c2c(F)cccc2F)n1. The molecular formula is C12H6F2N2O. The molecule has 1 heterocycles. The van der Waals surface area contributed by atoms with E-state index in [1.54, 1.807) is 6.07 Å². The van der Waals surface area contributed by atoms with Crippen molar-refractivity contribution in [2.45, 2.75) is 0 Å². The smallest absolute Gasteiger partial charge is 0.232 e. The standard InChI is InChI=1S/C12H6F2N2O/c1-7(5-15)10-6-17-12(16-10)11-8(13)3-2-4-9(11)14/h2-4,6H,1H2. The van der Waals surface area contributed by atoms with Crippen LogP contribution in [0.3, 0.4) is 0 Å². The van der Waals surface area contributed by atoms with Crippen molar-refractivity contribution in [3.05, 3.63) is 48.4 Å². The molecule has 5 heteroatoms. The van der Waals surface area contributed by atoms with E-state index >= 15 is 0 Å². The van der Waals surface area contributed by atoms with Crippen molar-refractivity contribution in [1.82, 2.24) is 4.98 Å². The maximum Gasteiger partial charge on any atom is 0.232 e. The summed E-state index contributed by atoms with van der Waals surface area (Å²) in [6.07, 6.45) is 1.13. The normalized spacial score (nSPS) is 9.94. The Morgan fingerprint density at radius 3 is 2.59 bits per heavy atom. The molecule has 0 atom stereocenters. The third-order valence-electron chi connectivity index (χ3n) is 2.12. The van der Waals surface area contributed by atoms with Crippen LogP contribution in [-0.4, -0.2) is 4.98 Å². The Labute approximate surface area is 95.6 Å². The van der Waals surface area contributed by atoms with E-state index in [1.165, 1.54) is 6.07 Å². The Morgan fingerprint density at radius 2 is 2.00 bits per heavy atom.